The van der Waals surface area contributed by atoms with Crippen molar-refractivity contribution in [2.45, 2.75) is 0 Å². The number of hydrogen-bond acceptors (Lipinski definition) is 2. The third-order valence-corrected chi connectivity index (χ3v) is 1.02. The Hall–Kier alpha value is -0.0761. The molecule has 10 heavy (non-hydrogen) atoms. The van der Waals surface area contributed by atoms with Gasteiger partial charge < -0.3 is 9.84 Å². The molecule has 3 heteroatoms. The van der Waals surface area contributed by atoms with Crippen LogP contribution < -0.4 is 4.74 Å². The molecule has 0 saturated carbocycles. The zero-order chi connectivity index (χ0) is 6.69. The van der Waals surface area contributed by atoms with Gasteiger partial charge in [-0.25, -0.2) is 0 Å². The molecule has 51 valence electrons. The Labute approximate surface area is 85.1 Å². The van der Waals surface area contributed by atoms with Crippen LogP contribution in [0.15, 0.2) is 18.2 Å². The molecule has 0 aliphatic heterocycles. The van der Waals surface area contributed by atoms with E-state index in [2.05, 4.69) is 6.07 Å². The molecule has 0 spiro atoms. The number of aromatic hydroxyl groups is 1. The van der Waals surface area contributed by atoms with Crippen LogP contribution in [0.25, 0.3) is 0 Å². The van der Waals surface area contributed by atoms with Gasteiger partial charge in [0.25, 0.3) is 0 Å². The second-order valence-corrected chi connectivity index (χ2v) is 1.59. The van der Waals surface area contributed by atoms with Crippen LogP contribution in [0.3, 0.4) is 0 Å². The van der Waals surface area contributed by atoms with Crippen LogP contribution in [0.1, 0.15) is 0 Å². The van der Waals surface area contributed by atoms with E-state index in [1.807, 2.05) is 0 Å². The maximum absolute atomic E-state index is 8.93. The molecule has 1 aromatic rings. The standard InChI is InChI=1S/C7H7O2.Y/c1-9-7-5-3-2-4-6(7)8;/h2-3,5,8H,1H3;/q-1;. The predicted molar refractivity (Wildman–Crippen MR) is 33.5 cm³/mol. The van der Waals surface area contributed by atoms with Gasteiger partial charge in [-0.1, -0.05) is 0 Å². The van der Waals surface area contributed by atoms with E-state index in [0.717, 1.165) is 0 Å². The Bertz CT molecular complexity index is 201. The Balaban J connectivity index is 0.000000810. The molecule has 1 N–H and O–H groups in total. The minimum absolute atomic E-state index is 0. The average Bonchev–Trinajstić information content (AvgIpc) is 1.89. The fourth-order valence-corrected chi connectivity index (χ4v) is 0.577. The topological polar surface area (TPSA) is 29.5 Å². The van der Waals surface area contributed by atoms with Crippen LogP contribution in [0, 0.1) is 6.07 Å². The van der Waals surface area contributed by atoms with E-state index in [9.17, 15) is 0 Å². The summed E-state index contributed by atoms with van der Waals surface area (Å²) in [6.07, 6.45) is 0. The van der Waals surface area contributed by atoms with Gasteiger partial charge in [-0.2, -0.15) is 12.1 Å². The smallest absolute Gasteiger partial charge is 0.0608 e. The minimum Gasteiger partial charge on any atom is -0.551 e. The number of para-hydroxylation sites is 1. The van der Waals surface area contributed by atoms with Gasteiger partial charge >= 0.3 is 0 Å². The molecule has 1 rings (SSSR count). The van der Waals surface area contributed by atoms with Crippen LogP contribution in [-0.2, 0) is 32.7 Å². The van der Waals surface area contributed by atoms with Crippen LogP contribution >= 0.6 is 0 Å². The van der Waals surface area contributed by atoms with Gasteiger partial charge in [-0.3, -0.25) is 0 Å². The number of methoxy groups -OCH3 is 1. The summed E-state index contributed by atoms with van der Waals surface area (Å²) in [6, 6.07) is 7.63. The van der Waals surface area contributed by atoms with E-state index in [4.69, 9.17) is 9.84 Å². The second kappa shape index (κ2) is 4.70. The average molecular weight is 212 g/mol. The maximum atomic E-state index is 8.93. The fraction of sp³-hybridized carbons (Fsp3) is 0.143. The van der Waals surface area contributed by atoms with E-state index >= 15 is 0 Å². The molecule has 0 fully saturated rings. The SMILES string of the molecule is COc1ccc[c-]c1O.[Y]. The Morgan fingerprint density at radius 1 is 1.60 bits per heavy atom. The van der Waals surface area contributed by atoms with Crippen molar-refractivity contribution in [3.05, 3.63) is 24.3 Å². The van der Waals surface area contributed by atoms with Crippen molar-refractivity contribution < 1.29 is 42.6 Å². The number of hydrogen-bond donors (Lipinski definition) is 1. The molecule has 2 nitrogen and oxygen atoms in total. The fourth-order valence-electron chi connectivity index (χ4n) is 0.577. The number of rotatable bonds is 1. The van der Waals surface area contributed by atoms with E-state index in [-0.39, 0.29) is 38.5 Å². The summed E-state index contributed by atoms with van der Waals surface area (Å²) in [4.78, 5) is 0. The summed E-state index contributed by atoms with van der Waals surface area (Å²) in [5.41, 5.74) is 0. The molecule has 0 aliphatic rings. The van der Waals surface area contributed by atoms with Crippen molar-refractivity contribution in [3.63, 3.8) is 0 Å². The van der Waals surface area contributed by atoms with E-state index in [1.54, 1.807) is 18.2 Å². The first kappa shape index (κ1) is 9.92. The van der Waals surface area contributed by atoms with Crippen molar-refractivity contribution in [1.82, 2.24) is 0 Å². The summed E-state index contributed by atoms with van der Waals surface area (Å²) in [6.45, 7) is 0. The number of ether oxygens (including phenoxy) is 1. The number of phenols is 1. The van der Waals surface area contributed by atoms with Crippen LogP contribution in [0.4, 0.5) is 0 Å². The molecular weight excluding hydrogens is 205 g/mol. The van der Waals surface area contributed by atoms with Gasteiger partial charge in [0.05, 0.1) is 7.11 Å². The molecular formula is C7H7O2Y-. The van der Waals surface area contributed by atoms with Gasteiger partial charge in [0.15, 0.2) is 0 Å². The first-order valence-corrected chi connectivity index (χ1v) is 2.58. The first-order valence-electron chi connectivity index (χ1n) is 2.58. The van der Waals surface area contributed by atoms with Crippen LogP contribution in [0.2, 0.25) is 0 Å². The molecule has 0 bridgehead atoms. The van der Waals surface area contributed by atoms with Crippen LogP contribution in [-0.4, -0.2) is 12.2 Å². The quantitative estimate of drug-likeness (QED) is 0.708. The van der Waals surface area contributed by atoms with Gasteiger partial charge in [-0.05, 0) is 0 Å². The number of phenolic OH excluding ortho intramolecular Hbond substituents is 1. The Morgan fingerprint density at radius 2 is 2.30 bits per heavy atom. The van der Waals surface area contributed by atoms with Gasteiger partial charge in [0.1, 0.15) is 0 Å². The first-order chi connectivity index (χ1) is 4.34. The molecule has 1 aromatic carbocycles. The number of benzene rings is 1. The van der Waals surface area contributed by atoms with Crippen molar-refractivity contribution in [2.75, 3.05) is 7.11 Å². The molecule has 0 unspecified atom stereocenters. The molecule has 0 aliphatic carbocycles. The molecule has 0 saturated heterocycles. The maximum Gasteiger partial charge on any atom is 0.0608 e. The van der Waals surface area contributed by atoms with E-state index in [1.165, 1.54) is 7.11 Å². The third-order valence-electron chi connectivity index (χ3n) is 1.02. The molecule has 0 heterocycles. The van der Waals surface area contributed by atoms with E-state index < -0.39 is 0 Å². The van der Waals surface area contributed by atoms with Crippen molar-refractivity contribution in [2.24, 2.45) is 0 Å². The zero-order valence-corrected chi connectivity index (χ0v) is 8.50. The summed E-state index contributed by atoms with van der Waals surface area (Å²) < 4.78 is 4.76. The Morgan fingerprint density at radius 3 is 2.70 bits per heavy atom. The molecule has 1 radical (unpaired) electrons. The summed E-state index contributed by atoms with van der Waals surface area (Å²) in [7, 11) is 1.50. The Kier molecular flexibility index (Phi) is 4.66. The monoisotopic (exact) mass is 212 g/mol. The normalized spacial score (nSPS) is 8.10. The predicted octanol–water partition coefficient (Wildman–Crippen LogP) is 1.20. The van der Waals surface area contributed by atoms with Crippen molar-refractivity contribution in [1.29, 1.82) is 0 Å². The zero-order valence-electron chi connectivity index (χ0n) is 5.66. The molecule has 0 aromatic heterocycles. The van der Waals surface area contributed by atoms with Gasteiger partial charge in [-0.15, -0.1) is 12.1 Å². The summed E-state index contributed by atoms with van der Waals surface area (Å²) >= 11 is 0. The van der Waals surface area contributed by atoms with E-state index in [0.29, 0.717) is 5.75 Å². The largest absolute Gasteiger partial charge is 0.551 e. The molecule has 0 atom stereocenters. The molecule has 0 amide bonds. The second-order valence-electron chi connectivity index (χ2n) is 1.59. The van der Waals surface area contributed by atoms with Crippen molar-refractivity contribution in [3.8, 4) is 11.5 Å². The van der Waals surface area contributed by atoms with Gasteiger partial charge in [0.2, 0.25) is 0 Å². The van der Waals surface area contributed by atoms with Gasteiger partial charge in [0, 0.05) is 44.2 Å². The minimum atomic E-state index is 0. The van der Waals surface area contributed by atoms with Crippen molar-refractivity contribution >= 4 is 0 Å². The summed E-state index contributed by atoms with van der Waals surface area (Å²) in [5, 5.41) is 8.93. The summed E-state index contributed by atoms with van der Waals surface area (Å²) in [5.74, 6) is 0.512. The third kappa shape index (κ3) is 2.27. The van der Waals surface area contributed by atoms with Crippen LogP contribution in [0.5, 0.6) is 11.5 Å².